The van der Waals surface area contributed by atoms with Crippen LogP contribution in [0.5, 0.6) is 0 Å². The summed E-state index contributed by atoms with van der Waals surface area (Å²) in [5, 5.41) is 3.80. The minimum absolute atomic E-state index is 0.0235. The van der Waals surface area contributed by atoms with Crippen molar-refractivity contribution in [2.24, 2.45) is 0 Å². The molecule has 0 aromatic heterocycles. The van der Waals surface area contributed by atoms with Gasteiger partial charge in [-0.1, -0.05) is 71.7 Å². The quantitative estimate of drug-likeness (QED) is 0.387. The highest BCUT2D eigenvalue weighted by molar-refractivity contribution is 6.42. The van der Waals surface area contributed by atoms with Crippen LogP contribution in [0.25, 0.3) is 0 Å². The molecular weight excluding hydrogens is 486 g/mol. The van der Waals surface area contributed by atoms with Gasteiger partial charge in [0.15, 0.2) is 0 Å². The monoisotopic (exact) mass is 514 g/mol. The first-order chi connectivity index (χ1) is 16.5. The Kier molecular flexibility index (Phi) is 8.92. The zero-order valence-corrected chi connectivity index (χ0v) is 21.5. The number of hydrogen-bond donors (Lipinski definition) is 1. The molecule has 0 aliphatic rings. The van der Waals surface area contributed by atoms with Gasteiger partial charge in [0.05, 0.1) is 16.5 Å². The molecule has 4 nitrogen and oxygen atoms in total. The Morgan fingerprint density at radius 3 is 2.11 bits per heavy atom. The van der Waals surface area contributed by atoms with Gasteiger partial charge in [-0.05, 0) is 61.7 Å². The van der Waals surface area contributed by atoms with Crippen LogP contribution in [0.2, 0.25) is 10.0 Å². The summed E-state index contributed by atoms with van der Waals surface area (Å²) in [5.74, 6) is -0.887. The largest absolute Gasteiger partial charge is 0.350 e. The number of nitrogens with one attached hydrogen (secondary N) is 1. The zero-order valence-electron chi connectivity index (χ0n) is 20.0. The average Bonchev–Trinajstić information content (AvgIpc) is 2.79. The third-order valence-electron chi connectivity index (χ3n) is 5.37. The molecule has 0 bridgehead atoms. The minimum Gasteiger partial charge on any atom is -0.350 e. The number of rotatable bonds is 8. The van der Waals surface area contributed by atoms with Gasteiger partial charge in [-0.15, -0.1) is 0 Å². The van der Waals surface area contributed by atoms with Crippen molar-refractivity contribution < 1.29 is 14.0 Å². The Bertz CT molecular complexity index is 1160. The standard InChI is InChI=1S/C28H29Cl2FN2O2/c1-28(2,3)32-27(35)25(16-19-7-5-4-6-8-19)33(18-21-11-14-23(29)24(30)15-21)26(34)17-20-9-12-22(31)13-10-20/h4-15,25H,16-18H2,1-3H3,(H,32,35). The van der Waals surface area contributed by atoms with E-state index in [1.54, 1.807) is 35.2 Å². The number of amides is 2. The first-order valence-corrected chi connectivity index (χ1v) is 12.1. The van der Waals surface area contributed by atoms with Crippen molar-refractivity contribution in [3.8, 4) is 0 Å². The summed E-state index contributed by atoms with van der Waals surface area (Å²) in [4.78, 5) is 28.7. The van der Waals surface area contributed by atoms with Crippen LogP contribution in [-0.4, -0.2) is 28.3 Å². The lowest BCUT2D eigenvalue weighted by molar-refractivity contribution is -0.141. The van der Waals surface area contributed by atoms with E-state index in [0.29, 0.717) is 22.0 Å². The fourth-order valence-corrected chi connectivity index (χ4v) is 4.04. The molecule has 0 aliphatic heterocycles. The van der Waals surface area contributed by atoms with E-state index in [1.165, 1.54) is 12.1 Å². The maximum atomic E-state index is 13.6. The molecule has 3 rings (SSSR count). The summed E-state index contributed by atoms with van der Waals surface area (Å²) in [6.45, 7) is 5.85. The summed E-state index contributed by atoms with van der Waals surface area (Å²) in [7, 11) is 0. The normalized spacial score (nSPS) is 12.2. The molecule has 2 amide bonds. The molecule has 0 aliphatic carbocycles. The van der Waals surface area contributed by atoms with E-state index < -0.39 is 11.6 Å². The molecule has 3 aromatic rings. The van der Waals surface area contributed by atoms with E-state index in [9.17, 15) is 14.0 Å². The number of benzene rings is 3. The van der Waals surface area contributed by atoms with Gasteiger partial charge in [0.2, 0.25) is 11.8 Å². The summed E-state index contributed by atoms with van der Waals surface area (Å²) in [6, 6.07) is 19.7. The van der Waals surface area contributed by atoms with Crippen molar-refractivity contribution in [3.63, 3.8) is 0 Å². The molecule has 0 fully saturated rings. The number of halogens is 3. The summed E-state index contributed by atoms with van der Waals surface area (Å²) in [6.07, 6.45) is 0.356. The second kappa shape index (κ2) is 11.7. The average molecular weight is 515 g/mol. The number of carbonyl (C=O) groups excluding carboxylic acids is 2. The van der Waals surface area contributed by atoms with Gasteiger partial charge in [-0.2, -0.15) is 0 Å². The van der Waals surface area contributed by atoms with Gasteiger partial charge >= 0.3 is 0 Å². The Morgan fingerprint density at radius 1 is 0.886 bits per heavy atom. The molecule has 0 spiro atoms. The molecule has 184 valence electrons. The highest BCUT2D eigenvalue weighted by Gasteiger charge is 2.32. The van der Waals surface area contributed by atoms with E-state index >= 15 is 0 Å². The first kappa shape index (κ1) is 26.7. The first-order valence-electron chi connectivity index (χ1n) is 11.4. The molecule has 0 heterocycles. The summed E-state index contributed by atoms with van der Waals surface area (Å²) in [5.41, 5.74) is 1.84. The van der Waals surface area contributed by atoms with Crippen molar-refractivity contribution in [1.82, 2.24) is 10.2 Å². The second-order valence-corrected chi connectivity index (χ2v) is 10.3. The highest BCUT2D eigenvalue weighted by atomic mass is 35.5. The van der Waals surface area contributed by atoms with Crippen molar-refractivity contribution in [2.75, 3.05) is 0 Å². The maximum Gasteiger partial charge on any atom is 0.243 e. The van der Waals surface area contributed by atoms with Gasteiger partial charge in [0.25, 0.3) is 0 Å². The van der Waals surface area contributed by atoms with E-state index in [0.717, 1.165) is 11.1 Å². The van der Waals surface area contributed by atoms with Gasteiger partial charge in [-0.25, -0.2) is 4.39 Å². The van der Waals surface area contributed by atoms with Crippen LogP contribution in [-0.2, 0) is 29.0 Å². The number of nitrogens with zero attached hydrogens (tertiary/aromatic N) is 1. The van der Waals surface area contributed by atoms with Crippen LogP contribution < -0.4 is 5.32 Å². The molecular formula is C28H29Cl2FN2O2. The predicted octanol–water partition coefficient (Wildman–Crippen LogP) is 6.23. The van der Waals surface area contributed by atoms with Crippen LogP contribution in [0, 0.1) is 5.82 Å². The minimum atomic E-state index is -0.779. The Labute approximate surface area is 216 Å². The zero-order chi connectivity index (χ0) is 25.6. The SMILES string of the molecule is CC(C)(C)NC(=O)C(Cc1ccccc1)N(Cc1ccc(Cl)c(Cl)c1)C(=O)Cc1ccc(F)cc1. The Morgan fingerprint density at radius 2 is 1.51 bits per heavy atom. The topological polar surface area (TPSA) is 49.4 Å². The van der Waals surface area contributed by atoms with E-state index in [4.69, 9.17) is 23.2 Å². The molecule has 3 aromatic carbocycles. The summed E-state index contributed by atoms with van der Waals surface area (Å²) >= 11 is 12.3. The number of hydrogen-bond acceptors (Lipinski definition) is 2. The van der Waals surface area contributed by atoms with Crippen LogP contribution in [0.1, 0.15) is 37.5 Å². The molecule has 1 unspecified atom stereocenters. The fraction of sp³-hybridized carbons (Fsp3) is 0.286. The Balaban J connectivity index is 2.00. The van der Waals surface area contributed by atoms with E-state index in [-0.39, 0.29) is 30.6 Å². The van der Waals surface area contributed by atoms with Gasteiger partial charge in [0.1, 0.15) is 11.9 Å². The third kappa shape index (κ3) is 8.08. The van der Waals surface area contributed by atoms with Gasteiger partial charge in [-0.3, -0.25) is 9.59 Å². The van der Waals surface area contributed by atoms with Crippen LogP contribution in [0.3, 0.4) is 0 Å². The molecule has 0 radical (unpaired) electrons. The van der Waals surface area contributed by atoms with E-state index in [2.05, 4.69) is 5.32 Å². The van der Waals surface area contributed by atoms with Gasteiger partial charge in [0, 0.05) is 18.5 Å². The smallest absolute Gasteiger partial charge is 0.243 e. The van der Waals surface area contributed by atoms with Crippen LogP contribution in [0.4, 0.5) is 4.39 Å². The molecule has 1 N–H and O–H groups in total. The maximum absolute atomic E-state index is 13.6. The van der Waals surface area contributed by atoms with Crippen molar-refractivity contribution in [2.45, 2.75) is 51.7 Å². The van der Waals surface area contributed by atoms with E-state index in [1.807, 2.05) is 51.1 Å². The molecule has 0 saturated heterocycles. The Hall–Kier alpha value is -2.89. The molecule has 0 saturated carbocycles. The van der Waals surface area contributed by atoms with Crippen LogP contribution in [0.15, 0.2) is 72.8 Å². The molecule has 7 heteroatoms. The third-order valence-corrected chi connectivity index (χ3v) is 6.11. The molecule has 35 heavy (non-hydrogen) atoms. The van der Waals surface area contributed by atoms with Crippen molar-refractivity contribution in [1.29, 1.82) is 0 Å². The molecule has 1 atom stereocenters. The lowest BCUT2D eigenvalue weighted by atomic mass is 10.00. The van der Waals surface area contributed by atoms with Gasteiger partial charge < -0.3 is 10.2 Å². The van der Waals surface area contributed by atoms with Crippen LogP contribution >= 0.6 is 23.2 Å². The fourth-order valence-electron chi connectivity index (χ4n) is 3.72. The summed E-state index contributed by atoms with van der Waals surface area (Å²) < 4.78 is 13.4. The number of carbonyl (C=O) groups is 2. The lowest BCUT2D eigenvalue weighted by Crippen LogP contribution is -2.54. The highest BCUT2D eigenvalue weighted by Crippen LogP contribution is 2.25. The second-order valence-electron chi connectivity index (χ2n) is 9.52. The lowest BCUT2D eigenvalue weighted by Gasteiger charge is -2.34. The van der Waals surface area contributed by atoms with Crippen molar-refractivity contribution >= 4 is 35.0 Å². The van der Waals surface area contributed by atoms with Crippen molar-refractivity contribution in [3.05, 3.63) is 105 Å². The predicted molar refractivity (Wildman–Crippen MR) is 139 cm³/mol.